The molecule has 0 saturated heterocycles. The molecule has 0 saturated carbocycles. The molecule has 1 atom stereocenters. The Balaban J connectivity index is 1.67. The molecule has 1 aromatic heterocycles. The van der Waals surface area contributed by atoms with Gasteiger partial charge in [0.1, 0.15) is 6.04 Å². The third-order valence-corrected chi connectivity index (χ3v) is 5.47. The van der Waals surface area contributed by atoms with Crippen molar-refractivity contribution in [2.24, 2.45) is 0 Å². The van der Waals surface area contributed by atoms with E-state index >= 15 is 0 Å². The number of fused-ring (bicyclic) bond motifs is 1. The summed E-state index contributed by atoms with van der Waals surface area (Å²) in [6.45, 7) is 6.38. The number of nitrogens with zero attached hydrogens (tertiary/aromatic N) is 1. The first-order valence-electron chi connectivity index (χ1n) is 9.74. The molecule has 29 heavy (non-hydrogen) atoms. The van der Waals surface area contributed by atoms with Crippen LogP contribution in [0.4, 0.5) is 5.69 Å². The number of carbonyl (C=O) groups is 2. The van der Waals surface area contributed by atoms with Gasteiger partial charge in [-0.2, -0.15) is 0 Å². The van der Waals surface area contributed by atoms with Gasteiger partial charge in [-0.25, -0.2) is 0 Å². The molecule has 148 valence electrons. The maximum absolute atomic E-state index is 13.3. The molecular formula is C24H24N2O3. The predicted octanol–water partition coefficient (Wildman–Crippen LogP) is 4.41. The number of rotatable bonds is 3. The first kappa shape index (κ1) is 19.0. The van der Waals surface area contributed by atoms with E-state index in [2.05, 4.69) is 5.32 Å². The second-order valence-electron chi connectivity index (χ2n) is 7.66. The van der Waals surface area contributed by atoms with Gasteiger partial charge in [0.2, 0.25) is 5.91 Å². The summed E-state index contributed by atoms with van der Waals surface area (Å²) in [5.74, 6) is -0.221. The van der Waals surface area contributed by atoms with E-state index in [4.69, 9.17) is 4.42 Å². The van der Waals surface area contributed by atoms with Gasteiger partial charge in [-0.15, -0.1) is 0 Å². The van der Waals surface area contributed by atoms with Gasteiger partial charge in [0.25, 0.3) is 5.91 Å². The summed E-state index contributed by atoms with van der Waals surface area (Å²) in [5, 5.41) is 3.07. The van der Waals surface area contributed by atoms with E-state index < -0.39 is 6.04 Å². The lowest BCUT2D eigenvalue weighted by molar-refractivity contribution is -0.121. The van der Waals surface area contributed by atoms with Gasteiger partial charge in [0, 0.05) is 18.7 Å². The lowest BCUT2D eigenvalue weighted by Gasteiger charge is -2.35. The predicted molar refractivity (Wildman–Crippen MR) is 112 cm³/mol. The first-order valence-corrected chi connectivity index (χ1v) is 9.74. The van der Waals surface area contributed by atoms with Gasteiger partial charge in [0.15, 0.2) is 5.76 Å². The van der Waals surface area contributed by atoms with Crippen molar-refractivity contribution in [3.05, 3.63) is 88.4 Å². The number of hydrogen-bond acceptors (Lipinski definition) is 3. The summed E-state index contributed by atoms with van der Waals surface area (Å²) < 4.78 is 5.31. The molecule has 0 bridgehead atoms. The van der Waals surface area contributed by atoms with Crippen molar-refractivity contribution in [1.29, 1.82) is 0 Å². The van der Waals surface area contributed by atoms with E-state index in [0.29, 0.717) is 13.0 Å². The molecule has 2 amide bonds. The summed E-state index contributed by atoms with van der Waals surface area (Å²) in [5.41, 5.74) is 6.13. The Hall–Kier alpha value is -3.34. The molecule has 2 aromatic carbocycles. The number of aryl methyl sites for hydroxylation is 3. The summed E-state index contributed by atoms with van der Waals surface area (Å²) in [7, 11) is 0. The number of nitrogens with one attached hydrogen (secondary N) is 1. The van der Waals surface area contributed by atoms with Crippen LogP contribution in [0.25, 0.3) is 0 Å². The quantitative estimate of drug-likeness (QED) is 0.723. The monoisotopic (exact) mass is 388 g/mol. The third-order valence-electron chi connectivity index (χ3n) is 5.47. The minimum atomic E-state index is -0.609. The second kappa shape index (κ2) is 7.59. The molecule has 0 radical (unpaired) electrons. The zero-order chi connectivity index (χ0) is 20.5. The minimum absolute atomic E-state index is 0.186. The average Bonchev–Trinajstić information content (AvgIpc) is 3.23. The van der Waals surface area contributed by atoms with Crippen molar-refractivity contribution in [1.82, 2.24) is 4.90 Å². The summed E-state index contributed by atoms with van der Waals surface area (Å²) >= 11 is 0. The molecule has 5 heteroatoms. The van der Waals surface area contributed by atoms with Crippen LogP contribution in [0.5, 0.6) is 0 Å². The zero-order valence-electron chi connectivity index (χ0n) is 16.9. The van der Waals surface area contributed by atoms with E-state index in [1.165, 1.54) is 6.26 Å². The van der Waals surface area contributed by atoms with Crippen molar-refractivity contribution in [2.45, 2.75) is 39.8 Å². The Morgan fingerprint density at radius 3 is 2.34 bits per heavy atom. The van der Waals surface area contributed by atoms with Crippen LogP contribution in [-0.2, 0) is 17.8 Å². The fourth-order valence-electron chi connectivity index (χ4n) is 4.10. The molecule has 0 aliphatic carbocycles. The molecule has 3 aromatic rings. The normalized spacial score (nSPS) is 15.7. The highest BCUT2D eigenvalue weighted by atomic mass is 16.3. The molecular weight excluding hydrogens is 364 g/mol. The van der Waals surface area contributed by atoms with Gasteiger partial charge < -0.3 is 14.6 Å². The van der Waals surface area contributed by atoms with Crippen molar-refractivity contribution in [3.8, 4) is 0 Å². The Morgan fingerprint density at radius 2 is 1.69 bits per heavy atom. The Bertz CT molecular complexity index is 1050. The SMILES string of the molecule is Cc1cc(C)c(NC(=O)[C@@H]2Cc3ccccc3CN2C(=O)c2ccco2)c(C)c1. The highest BCUT2D eigenvalue weighted by molar-refractivity contribution is 6.01. The lowest BCUT2D eigenvalue weighted by Crippen LogP contribution is -2.50. The minimum Gasteiger partial charge on any atom is -0.459 e. The van der Waals surface area contributed by atoms with Gasteiger partial charge in [-0.3, -0.25) is 9.59 Å². The number of amides is 2. The van der Waals surface area contributed by atoms with Crippen LogP contribution in [-0.4, -0.2) is 22.8 Å². The fourth-order valence-corrected chi connectivity index (χ4v) is 4.10. The molecule has 5 nitrogen and oxygen atoms in total. The van der Waals surface area contributed by atoms with Crippen LogP contribution in [0, 0.1) is 20.8 Å². The maximum atomic E-state index is 13.3. The Kier molecular flexibility index (Phi) is 4.97. The van der Waals surface area contributed by atoms with E-state index in [1.807, 2.05) is 57.2 Å². The van der Waals surface area contributed by atoms with Crippen LogP contribution in [0.15, 0.2) is 59.2 Å². The molecule has 4 rings (SSSR count). The summed E-state index contributed by atoms with van der Waals surface area (Å²) in [6, 6.07) is 14.7. The van der Waals surface area contributed by atoms with Gasteiger partial charge >= 0.3 is 0 Å². The van der Waals surface area contributed by atoms with Crippen molar-refractivity contribution < 1.29 is 14.0 Å². The highest BCUT2D eigenvalue weighted by Crippen LogP contribution is 2.28. The number of anilines is 1. The molecule has 0 spiro atoms. The number of hydrogen-bond donors (Lipinski definition) is 1. The lowest BCUT2D eigenvalue weighted by atomic mass is 9.93. The van der Waals surface area contributed by atoms with Crippen LogP contribution < -0.4 is 5.32 Å². The number of furan rings is 1. The van der Waals surface area contributed by atoms with Crippen LogP contribution in [0.3, 0.4) is 0 Å². The summed E-state index contributed by atoms with van der Waals surface area (Å²) in [6.07, 6.45) is 1.94. The Labute approximate surface area is 170 Å². The number of carbonyl (C=O) groups excluding carboxylic acids is 2. The largest absolute Gasteiger partial charge is 0.459 e. The third kappa shape index (κ3) is 3.68. The molecule has 2 heterocycles. The van der Waals surface area contributed by atoms with E-state index in [0.717, 1.165) is 33.5 Å². The van der Waals surface area contributed by atoms with Crippen molar-refractivity contribution >= 4 is 17.5 Å². The van der Waals surface area contributed by atoms with E-state index in [-0.39, 0.29) is 17.6 Å². The van der Waals surface area contributed by atoms with E-state index in [9.17, 15) is 9.59 Å². The highest BCUT2D eigenvalue weighted by Gasteiger charge is 2.36. The van der Waals surface area contributed by atoms with Crippen LogP contribution in [0.2, 0.25) is 0 Å². The average molecular weight is 388 g/mol. The van der Waals surface area contributed by atoms with Gasteiger partial charge in [-0.05, 0) is 55.2 Å². The fraction of sp³-hybridized carbons (Fsp3) is 0.250. The van der Waals surface area contributed by atoms with E-state index in [1.54, 1.807) is 17.0 Å². The molecule has 0 unspecified atom stereocenters. The van der Waals surface area contributed by atoms with Crippen molar-refractivity contribution in [2.75, 3.05) is 5.32 Å². The maximum Gasteiger partial charge on any atom is 0.290 e. The summed E-state index contributed by atoms with van der Waals surface area (Å²) in [4.78, 5) is 28.0. The van der Waals surface area contributed by atoms with Crippen LogP contribution >= 0.6 is 0 Å². The van der Waals surface area contributed by atoms with Gasteiger partial charge in [-0.1, -0.05) is 42.0 Å². The second-order valence-corrected chi connectivity index (χ2v) is 7.66. The molecule has 1 N–H and O–H groups in total. The first-order chi connectivity index (χ1) is 13.9. The van der Waals surface area contributed by atoms with Crippen molar-refractivity contribution in [3.63, 3.8) is 0 Å². The molecule has 1 aliphatic rings. The standard InChI is InChI=1S/C24H24N2O3/c1-15-11-16(2)22(17(3)12-15)25-23(27)20-13-18-7-4-5-8-19(18)14-26(20)24(28)21-9-6-10-29-21/h4-12,20H,13-14H2,1-3H3,(H,25,27)/t20-/m0/s1. The Morgan fingerprint density at radius 1 is 1.00 bits per heavy atom. The zero-order valence-corrected chi connectivity index (χ0v) is 16.9. The smallest absolute Gasteiger partial charge is 0.290 e. The van der Waals surface area contributed by atoms with Crippen LogP contribution in [0.1, 0.15) is 38.4 Å². The molecule has 0 fully saturated rings. The topological polar surface area (TPSA) is 62.6 Å². The van der Waals surface area contributed by atoms with Gasteiger partial charge in [0.05, 0.1) is 6.26 Å². The molecule has 1 aliphatic heterocycles. The number of benzene rings is 2.